The minimum atomic E-state index is -4.82. The first-order valence-corrected chi connectivity index (χ1v) is 12.4. The summed E-state index contributed by atoms with van der Waals surface area (Å²) < 4.78 is 56.5. The van der Waals surface area contributed by atoms with Crippen LogP contribution in [0.5, 0.6) is 0 Å². The highest BCUT2D eigenvalue weighted by atomic mass is 32.2. The minimum absolute atomic E-state index is 0.0887. The van der Waals surface area contributed by atoms with Gasteiger partial charge in [0.2, 0.25) is 11.5 Å². The number of anilines is 1. The Morgan fingerprint density at radius 2 is 1.94 bits per heavy atom. The van der Waals surface area contributed by atoms with E-state index in [9.17, 15) is 27.3 Å². The van der Waals surface area contributed by atoms with Gasteiger partial charge in [-0.05, 0) is 49.9 Å². The van der Waals surface area contributed by atoms with E-state index in [-0.39, 0.29) is 29.4 Å². The van der Waals surface area contributed by atoms with Gasteiger partial charge in [-0.25, -0.2) is 27.7 Å². The minimum Gasteiger partial charge on any atom is -0.383 e. The molecule has 0 aliphatic heterocycles. The van der Waals surface area contributed by atoms with Crippen molar-refractivity contribution < 1.29 is 41.6 Å². The molecule has 0 unspecified atom stereocenters. The quantitative estimate of drug-likeness (QED) is 0.165. The maximum absolute atomic E-state index is 13.8. The summed E-state index contributed by atoms with van der Waals surface area (Å²) in [6, 6.07) is 1.30. The number of hydrogen-bond donors (Lipinski definition) is 3. The van der Waals surface area contributed by atoms with Crippen molar-refractivity contribution in [1.29, 1.82) is 0 Å². The predicted molar refractivity (Wildman–Crippen MR) is 126 cm³/mol. The summed E-state index contributed by atoms with van der Waals surface area (Å²) in [6.45, 7) is 2.48. The third kappa shape index (κ3) is 8.57. The molecule has 1 heterocycles. The lowest BCUT2D eigenvalue weighted by Gasteiger charge is -2.22. The maximum atomic E-state index is 13.8. The van der Waals surface area contributed by atoms with Crippen LogP contribution < -0.4 is 5.73 Å². The number of nitrogen functional groups attached to an aromatic ring is 1. The lowest BCUT2D eigenvalue weighted by atomic mass is 10.2. The van der Waals surface area contributed by atoms with Gasteiger partial charge in [0, 0.05) is 34.3 Å². The predicted octanol–water partition coefficient (Wildman–Crippen LogP) is 3.45. The summed E-state index contributed by atoms with van der Waals surface area (Å²) in [6.07, 6.45) is 3.19. The Bertz CT molecular complexity index is 1250. The van der Waals surface area contributed by atoms with Crippen molar-refractivity contribution in [1.82, 2.24) is 14.9 Å². The summed E-state index contributed by atoms with van der Waals surface area (Å²) in [7, 11) is -4.82. The number of halogens is 3. The second kappa shape index (κ2) is 12.8. The number of carbonyl (C=O) groups is 2. The molecule has 0 aliphatic carbocycles. The molecule has 1 amide bonds. The van der Waals surface area contributed by atoms with Crippen LogP contribution in [0.25, 0.3) is 6.08 Å². The monoisotopic (exact) mass is 546 g/mol. The van der Waals surface area contributed by atoms with Crippen molar-refractivity contribution in [2.45, 2.75) is 26.8 Å². The first-order chi connectivity index (χ1) is 16.8. The molecule has 2 aromatic rings. The van der Waals surface area contributed by atoms with Crippen LogP contribution in [0, 0.1) is 24.4 Å². The van der Waals surface area contributed by atoms with Gasteiger partial charge in [0.25, 0.3) is 0 Å². The average molecular weight is 546 g/mol. The highest BCUT2D eigenvalue weighted by molar-refractivity contribution is 8.17. The fourth-order valence-corrected chi connectivity index (χ4v) is 3.94. The van der Waals surface area contributed by atoms with Gasteiger partial charge in [-0.15, -0.1) is 0 Å². The van der Waals surface area contributed by atoms with Gasteiger partial charge in [-0.3, -0.25) is 14.1 Å². The standard InChI is InChI=1S/C21H22F3N4O6PS/c1-12(28(11-29)10-14-9-26-13(2)27-21(14)25)18(7-8-34-35(31,32)33)36-19(30)6-3-15-16(22)4-5-17(23)20(15)24/h3-6,9,11H,7-8,10H2,1-2H3,(H2,25,26,27)(H2,31,32,33)/b6-3+,18-12-. The van der Waals surface area contributed by atoms with E-state index in [2.05, 4.69) is 14.5 Å². The molecular formula is C21H22F3N4O6PS. The van der Waals surface area contributed by atoms with Gasteiger partial charge in [0.1, 0.15) is 17.5 Å². The molecule has 0 bridgehead atoms. The molecule has 4 N–H and O–H groups in total. The fraction of sp³-hybridized carbons (Fsp3) is 0.238. The van der Waals surface area contributed by atoms with Gasteiger partial charge in [-0.1, -0.05) is 0 Å². The molecule has 36 heavy (non-hydrogen) atoms. The molecule has 194 valence electrons. The van der Waals surface area contributed by atoms with Crippen molar-refractivity contribution in [3.63, 3.8) is 0 Å². The first-order valence-electron chi connectivity index (χ1n) is 10.1. The van der Waals surface area contributed by atoms with E-state index < -0.39 is 42.6 Å². The second-order valence-corrected chi connectivity index (χ2v) is 9.49. The molecular weight excluding hydrogens is 524 g/mol. The highest BCUT2D eigenvalue weighted by Crippen LogP contribution is 2.37. The molecule has 0 saturated carbocycles. The zero-order valence-electron chi connectivity index (χ0n) is 19.0. The number of amides is 1. The number of rotatable bonds is 11. The lowest BCUT2D eigenvalue weighted by Crippen LogP contribution is -2.22. The Balaban J connectivity index is 2.33. The molecule has 15 heteroatoms. The maximum Gasteiger partial charge on any atom is 0.469 e. The fourth-order valence-electron chi connectivity index (χ4n) is 2.78. The normalized spacial score (nSPS) is 12.5. The SMILES string of the molecule is C/C(=C(\CCOP(=O)(O)O)SC(=O)/C=C/c1c(F)ccc(F)c1F)N(C=O)Cc1cnc(C)nc1N. The Morgan fingerprint density at radius 3 is 2.56 bits per heavy atom. The van der Waals surface area contributed by atoms with Crippen molar-refractivity contribution in [2.75, 3.05) is 12.3 Å². The molecule has 0 aliphatic rings. The summed E-state index contributed by atoms with van der Waals surface area (Å²) in [4.78, 5) is 51.5. The van der Waals surface area contributed by atoms with Crippen molar-refractivity contribution in [2.24, 2.45) is 0 Å². The number of thioether (sulfide) groups is 1. The largest absolute Gasteiger partial charge is 0.469 e. The molecule has 1 aromatic heterocycles. The molecule has 2 rings (SSSR count). The number of aryl methyl sites for hydroxylation is 1. The number of nitrogens with zero attached hydrogens (tertiary/aromatic N) is 3. The lowest BCUT2D eigenvalue weighted by molar-refractivity contribution is -0.117. The number of nitrogens with two attached hydrogens (primary N) is 1. The van der Waals surface area contributed by atoms with E-state index in [0.29, 0.717) is 41.7 Å². The molecule has 1 aromatic carbocycles. The summed E-state index contributed by atoms with van der Waals surface area (Å²) >= 11 is 0.519. The van der Waals surface area contributed by atoms with Crippen LogP contribution in [0.2, 0.25) is 0 Å². The Kier molecular flexibility index (Phi) is 10.4. The van der Waals surface area contributed by atoms with Gasteiger partial charge < -0.3 is 20.4 Å². The van der Waals surface area contributed by atoms with E-state index in [1.165, 1.54) is 13.1 Å². The van der Waals surface area contributed by atoms with Crippen LogP contribution in [0.15, 0.2) is 35.0 Å². The van der Waals surface area contributed by atoms with E-state index in [4.69, 9.17) is 15.5 Å². The Morgan fingerprint density at radius 1 is 1.28 bits per heavy atom. The van der Waals surface area contributed by atoms with E-state index in [1.54, 1.807) is 6.92 Å². The Labute approximate surface area is 208 Å². The third-order valence-electron chi connectivity index (χ3n) is 4.60. The highest BCUT2D eigenvalue weighted by Gasteiger charge is 2.19. The van der Waals surface area contributed by atoms with Crippen LogP contribution in [0.1, 0.15) is 30.3 Å². The summed E-state index contributed by atoms with van der Waals surface area (Å²) in [5, 5.41) is -0.771. The topological polar surface area (TPSA) is 156 Å². The number of aromatic nitrogens is 2. The molecule has 0 spiro atoms. The Hall–Kier alpha value is -3.03. The summed E-state index contributed by atoms with van der Waals surface area (Å²) in [5.41, 5.74) is 5.70. The smallest absolute Gasteiger partial charge is 0.383 e. The number of carbonyl (C=O) groups excluding carboxylic acids is 2. The van der Waals surface area contributed by atoms with Gasteiger partial charge >= 0.3 is 7.82 Å². The zero-order chi connectivity index (χ0) is 27.0. The van der Waals surface area contributed by atoms with E-state index in [1.807, 2.05) is 0 Å². The number of phosphoric acid groups is 1. The van der Waals surface area contributed by atoms with Crippen LogP contribution >= 0.6 is 19.6 Å². The molecule has 0 saturated heterocycles. The van der Waals surface area contributed by atoms with E-state index >= 15 is 0 Å². The average Bonchev–Trinajstić information content (AvgIpc) is 2.79. The number of hydrogen-bond acceptors (Lipinski definition) is 8. The van der Waals surface area contributed by atoms with Crippen molar-refractivity contribution in [3.8, 4) is 0 Å². The molecule has 0 atom stereocenters. The second-order valence-electron chi connectivity index (χ2n) is 7.15. The van der Waals surface area contributed by atoms with Gasteiger partial charge in [0.15, 0.2) is 11.6 Å². The van der Waals surface area contributed by atoms with Crippen molar-refractivity contribution >= 4 is 43.0 Å². The number of phosphoric ester groups is 1. The zero-order valence-corrected chi connectivity index (χ0v) is 20.7. The molecule has 0 fully saturated rings. The van der Waals surface area contributed by atoms with Crippen LogP contribution in [0.4, 0.5) is 19.0 Å². The van der Waals surface area contributed by atoms with Crippen LogP contribution in [0.3, 0.4) is 0 Å². The van der Waals surface area contributed by atoms with Gasteiger partial charge in [-0.2, -0.15) is 0 Å². The third-order valence-corrected chi connectivity index (χ3v) is 6.20. The summed E-state index contributed by atoms with van der Waals surface area (Å²) in [5.74, 6) is -3.33. The van der Waals surface area contributed by atoms with Crippen LogP contribution in [-0.2, 0) is 25.2 Å². The van der Waals surface area contributed by atoms with Crippen molar-refractivity contribution in [3.05, 3.63) is 69.4 Å². The first kappa shape index (κ1) is 29.2. The molecule has 0 radical (unpaired) electrons. The van der Waals surface area contributed by atoms with E-state index in [0.717, 1.165) is 17.1 Å². The number of benzene rings is 1. The van der Waals surface area contributed by atoms with Gasteiger partial charge in [0.05, 0.1) is 13.2 Å². The number of allylic oxidation sites excluding steroid dienone is 1. The molecule has 10 nitrogen and oxygen atoms in total. The van der Waals surface area contributed by atoms with Crippen LogP contribution in [-0.4, -0.2) is 42.8 Å².